The Hall–Kier alpha value is -0.570. The topological polar surface area (TPSA) is 29.5 Å². The molecule has 1 unspecified atom stereocenters. The van der Waals surface area contributed by atoms with Gasteiger partial charge >= 0.3 is 0 Å². The molecule has 1 heterocycles. The molecule has 3 fully saturated rings. The molecule has 0 N–H and O–H groups in total. The van der Waals surface area contributed by atoms with Gasteiger partial charge in [0.2, 0.25) is 0 Å². The first kappa shape index (κ1) is 12.5. The summed E-state index contributed by atoms with van der Waals surface area (Å²) in [5.74, 6) is 1.15. The van der Waals surface area contributed by atoms with E-state index in [1.165, 1.54) is 38.5 Å². The maximum atomic E-state index is 12.6. The smallest absolute Gasteiger partial charge is 0.252 e. The van der Waals surface area contributed by atoms with Crippen molar-refractivity contribution in [2.75, 3.05) is 6.61 Å². The number of nitrogens with zero attached hydrogens (tertiary/aromatic N) is 1. The number of hydrogen-bond acceptors (Lipinski definition) is 2. The lowest BCUT2D eigenvalue weighted by Gasteiger charge is -2.37. The summed E-state index contributed by atoms with van der Waals surface area (Å²) < 4.78 is 5.59. The van der Waals surface area contributed by atoms with E-state index in [1.54, 1.807) is 0 Å². The van der Waals surface area contributed by atoms with Crippen molar-refractivity contribution in [2.24, 2.45) is 5.92 Å². The molecule has 2 aliphatic carbocycles. The predicted molar refractivity (Wildman–Crippen MR) is 70.3 cm³/mol. The Morgan fingerprint density at radius 1 is 1.00 bits per heavy atom. The number of amides is 1. The molecule has 1 aliphatic heterocycles. The molecular formula is C15H25NO2. The average molecular weight is 251 g/mol. The van der Waals surface area contributed by atoms with Crippen LogP contribution in [0.1, 0.15) is 58.3 Å². The zero-order valence-electron chi connectivity index (χ0n) is 11.4. The van der Waals surface area contributed by atoms with Gasteiger partial charge in [-0.05, 0) is 57.3 Å². The standard InChI is InChI=1S/C15H25NO2/c1-11-4-6-12(7-5-11)16(13-8-9-13)15(17)14-3-2-10-18-14/h11-14H,2-10H2,1H3. The van der Waals surface area contributed by atoms with Gasteiger partial charge in [0.25, 0.3) is 5.91 Å². The summed E-state index contributed by atoms with van der Waals surface area (Å²) in [6.45, 7) is 3.11. The summed E-state index contributed by atoms with van der Waals surface area (Å²) in [7, 11) is 0. The molecule has 3 rings (SSSR count). The van der Waals surface area contributed by atoms with Gasteiger partial charge in [0.05, 0.1) is 0 Å². The van der Waals surface area contributed by atoms with E-state index in [4.69, 9.17) is 4.74 Å². The first-order chi connectivity index (χ1) is 8.75. The second kappa shape index (κ2) is 5.20. The average Bonchev–Trinajstić information content (AvgIpc) is 3.05. The molecule has 0 aromatic heterocycles. The molecule has 0 radical (unpaired) electrons. The fourth-order valence-corrected chi connectivity index (χ4v) is 3.47. The molecule has 102 valence electrons. The Morgan fingerprint density at radius 3 is 2.11 bits per heavy atom. The number of carbonyl (C=O) groups excluding carboxylic acids is 1. The molecule has 3 nitrogen and oxygen atoms in total. The highest BCUT2D eigenvalue weighted by Crippen LogP contribution is 2.36. The molecule has 0 aromatic rings. The van der Waals surface area contributed by atoms with Crippen molar-refractivity contribution in [1.82, 2.24) is 4.90 Å². The van der Waals surface area contributed by atoms with Crippen molar-refractivity contribution in [3.8, 4) is 0 Å². The predicted octanol–water partition coefficient (Wildman–Crippen LogP) is 2.74. The summed E-state index contributed by atoms with van der Waals surface area (Å²) in [6, 6.07) is 1.05. The summed E-state index contributed by atoms with van der Waals surface area (Å²) >= 11 is 0. The monoisotopic (exact) mass is 251 g/mol. The fourth-order valence-electron chi connectivity index (χ4n) is 3.47. The van der Waals surface area contributed by atoms with E-state index in [9.17, 15) is 4.79 Å². The molecule has 3 heteroatoms. The summed E-state index contributed by atoms with van der Waals surface area (Å²) in [4.78, 5) is 14.8. The Bertz CT molecular complexity index is 300. The molecule has 2 saturated carbocycles. The second-order valence-electron chi connectivity index (χ2n) is 6.39. The Labute approximate surface area is 110 Å². The third-order valence-electron chi connectivity index (χ3n) is 4.78. The molecule has 0 aromatic carbocycles. The van der Waals surface area contributed by atoms with Gasteiger partial charge in [0.15, 0.2) is 0 Å². The zero-order valence-corrected chi connectivity index (χ0v) is 11.4. The lowest BCUT2D eigenvalue weighted by atomic mass is 9.86. The van der Waals surface area contributed by atoms with E-state index in [0.29, 0.717) is 18.0 Å². The van der Waals surface area contributed by atoms with Crippen LogP contribution in [-0.4, -0.2) is 35.6 Å². The van der Waals surface area contributed by atoms with E-state index in [-0.39, 0.29) is 6.10 Å². The van der Waals surface area contributed by atoms with Crippen molar-refractivity contribution in [3.05, 3.63) is 0 Å². The van der Waals surface area contributed by atoms with Crippen LogP contribution < -0.4 is 0 Å². The van der Waals surface area contributed by atoms with Crippen LogP contribution in [0.15, 0.2) is 0 Å². The van der Waals surface area contributed by atoms with Gasteiger partial charge in [-0.2, -0.15) is 0 Å². The number of rotatable bonds is 3. The lowest BCUT2D eigenvalue weighted by Crippen LogP contribution is -2.48. The largest absolute Gasteiger partial charge is 0.368 e. The van der Waals surface area contributed by atoms with Crippen LogP contribution in [-0.2, 0) is 9.53 Å². The highest BCUT2D eigenvalue weighted by Gasteiger charge is 2.41. The van der Waals surface area contributed by atoms with Gasteiger partial charge in [0, 0.05) is 18.7 Å². The molecule has 1 saturated heterocycles. The maximum absolute atomic E-state index is 12.6. The van der Waals surface area contributed by atoms with E-state index in [1.807, 2.05) is 0 Å². The molecule has 18 heavy (non-hydrogen) atoms. The van der Waals surface area contributed by atoms with Crippen LogP contribution in [0.2, 0.25) is 0 Å². The quantitative estimate of drug-likeness (QED) is 0.772. The summed E-state index contributed by atoms with van der Waals surface area (Å²) in [6.07, 6.45) is 9.27. The van der Waals surface area contributed by atoms with Crippen LogP contribution in [0.5, 0.6) is 0 Å². The second-order valence-corrected chi connectivity index (χ2v) is 6.39. The fraction of sp³-hybridized carbons (Fsp3) is 0.933. The van der Waals surface area contributed by atoms with E-state index >= 15 is 0 Å². The lowest BCUT2D eigenvalue weighted by molar-refractivity contribution is -0.145. The van der Waals surface area contributed by atoms with E-state index in [0.717, 1.165) is 25.4 Å². The van der Waals surface area contributed by atoms with Crippen molar-refractivity contribution < 1.29 is 9.53 Å². The SMILES string of the molecule is CC1CCC(N(C(=O)C2CCCO2)C2CC2)CC1. The van der Waals surface area contributed by atoms with Crippen molar-refractivity contribution >= 4 is 5.91 Å². The Balaban J connectivity index is 1.65. The third kappa shape index (κ3) is 2.56. The normalized spacial score (nSPS) is 36.6. The molecule has 3 aliphatic rings. The van der Waals surface area contributed by atoms with Gasteiger partial charge in [-0.3, -0.25) is 4.79 Å². The van der Waals surface area contributed by atoms with Gasteiger partial charge in [-0.15, -0.1) is 0 Å². The highest BCUT2D eigenvalue weighted by molar-refractivity contribution is 5.82. The van der Waals surface area contributed by atoms with E-state index in [2.05, 4.69) is 11.8 Å². The molecule has 1 amide bonds. The summed E-state index contributed by atoms with van der Waals surface area (Å²) in [5, 5.41) is 0. The van der Waals surface area contributed by atoms with Crippen LogP contribution in [0.3, 0.4) is 0 Å². The van der Waals surface area contributed by atoms with Crippen LogP contribution in [0.4, 0.5) is 0 Å². The Kier molecular flexibility index (Phi) is 3.60. The van der Waals surface area contributed by atoms with Crippen molar-refractivity contribution in [1.29, 1.82) is 0 Å². The molecule has 0 spiro atoms. The summed E-state index contributed by atoms with van der Waals surface area (Å²) in [5.41, 5.74) is 0. The number of hydrogen-bond donors (Lipinski definition) is 0. The third-order valence-corrected chi connectivity index (χ3v) is 4.78. The number of carbonyl (C=O) groups is 1. The molecular weight excluding hydrogens is 226 g/mol. The maximum Gasteiger partial charge on any atom is 0.252 e. The molecule has 1 atom stereocenters. The van der Waals surface area contributed by atoms with Gasteiger partial charge in [-0.1, -0.05) is 6.92 Å². The van der Waals surface area contributed by atoms with Gasteiger partial charge in [0.1, 0.15) is 6.10 Å². The first-order valence-electron chi connectivity index (χ1n) is 7.69. The van der Waals surface area contributed by atoms with E-state index < -0.39 is 0 Å². The van der Waals surface area contributed by atoms with Crippen molar-refractivity contribution in [3.63, 3.8) is 0 Å². The first-order valence-corrected chi connectivity index (χ1v) is 7.69. The van der Waals surface area contributed by atoms with Gasteiger partial charge < -0.3 is 9.64 Å². The minimum absolute atomic E-state index is 0.120. The van der Waals surface area contributed by atoms with Crippen LogP contribution >= 0.6 is 0 Å². The number of ether oxygens (including phenoxy) is 1. The highest BCUT2D eigenvalue weighted by atomic mass is 16.5. The van der Waals surface area contributed by atoms with Crippen molar-refractivity contribution in [2.45, 2.75) is 76.5 Å². The minimum Gasteiger partial charge on any atom is -0.368 e. The van der Waals surface area contributed by atoms with Crippen LogP contribution in [0, 0.1) is 5.92 Å². The van der Waals surface area contributed by atoms with Crippen LogP contribution in [0.25, 0.3) is 0 Å². The van der Waals surface area contributed by atoms with Gasteiger partial charge in [-0.25, -0.2) is 0 Å². The minimum atomic E-state index is -0.120. The zero-order chi connectivity index (χ0) is 12.5. The Morgan fingerprint density at radius 2 is 1.61 bits per heavy atom. The molecule has 0 bridgehead atoms.